The molecule has 1 aromatic carbocycles. The fraction of sp³-hybridized carbons (Fsp3) is 0.526. The second-order valence-electron chi connectivity index (χ2n) is 6.87. The normalized spacial score (nSPS) is 24.8. The molecule has 5 heteroatoms. The van der Waals surface area contributed by atoms with Crippen molar-refractivity contribution in [1.82, 2.24) is 0 Å². The van der Waals surface area contributed by atoms with Crippen LogP contribution in [-0.2, 0) is 9.47 Å². The third kappa shape index (κ3) is 2.00. The minimum Gasteiger partial charge on any atom is -1.00 e. The van der Waals surface area contributed by atoms with Crippen molar-refractivity contribution in [3.63, 3.8) is 0 Å². The van der Waals surface area contributed by atoms with E-state index in [4.69, 9.17) is 9.47 Å². The SMILES string of the molecule is CCOC1(OCC)C2c3ccccc3C([n+]3ccsc32)C1(C)C.[Cl-]. The van der Waals surface area contributed by atoms with Crippen molar-refractivity contribution in [2.45, 2.75) is 45.4 Å². The zero-order valence-electron chi connectivity index (χ0n) is 14.6. The van der Waals surface area contributed by atoms with Gasteiger partial charge in [-0.15, -0.1) is 0 Å². The van der Waals surface area contributed by atoms with E-state index < -0.39 is 5.79 Å². The second-order valence-corrected chi connectivity index (χ2v) is 7.79. The van der Waals surface area contributed by atoms with Gasteiger partial charge in [-0.05, 0) is 33.3 Å². The number of thiazole rings is 1. The summed E-state index contributed by atoms with van der Waals surface area (Å²) in [6.45, 7) is 10.0. The summed E-state index contributed by atoms with van der Waals surface area (Å²) < 4.78 is 15.3. The summed E-state index contributed by atoms with van der Waals surface area (Å²) in [6, 6.07) is 9.03. The first kappa shape index (κ1) is 17.9. The Hall–Kier alpha value is -0.940. The molecular weight excluding hydrogens is 342 g/mol. The fourth-order valence-electron chi connectivity index (χ4n) is 4.71. The molecule has 5 rings (SSSR count). The second kappa shape index (κ2) is 6.10. The average Bonchev–Trinajstić information content (AvgIpc) is 2.99. The molecule has 3 aliphatic rings. The van der Waals surface area contributed by atoms with Crippen LogP contribution in [-0.4, -0.2) is 19.0 Å². The van der Waals surface area contributed by atoms with Crippen LogP contribution in [0.15, 0.2) is 35.8 Å². The van der Waals surface area contributed by atoms with Crippen LogP contribution in [0, 0.1) is 5.41 Å². The number of aromatic nitrogens is 1. The number of ether oxygens (including phenoxy) is 2. The molecule has 0 spiro atoms. The summed E-state index contributed by atoms with van der Waals surface area (Å²) >= 11 is 1.81. The van der Waals surface area contributed by atoms with Crippen molar-refractivity contribution in [2.75, 3.05) is 13.2 Å². The molecule has 2 aliphatic heterocycles. The van der Waals surface area contributed by atoms with Crippen molar-refractivity contribution >= 4 is 11.3 Å². The first-order valence-corrected chi connectivity index (χ1v) is 9.31. The molecule has 0 fully saturated rings. The monoisotopic (exact) mass is 365 g/mol. The highest BCUT2D eigenvalue weighted by Gasteiger charge is 2.71. The van der Waals surface area contributed by atoms with E-state index in [9.17, 15) is 0 Å². The Kier molecular flexibility index (Phi) is 4.54. The van der Waals surface area contributed by atoms with Crippen molar-refractivity contribution in [3.05, 3.63) is 52.0 Å². The van der Waals surface area contributed by atoms with Gasteiger partial charge in [0, 0.05) is 18.8 Å². The van der Waals surface area contributed by atoms with E-state index in [0.29, 0.717) is 13.2 Å². The highest BCUT2D eigenvalue weighted by Crippen LogP contribution is 2.62. The van der Waals surface area contributed by atoms with Gasteiger partial charge in [0.1, 0.15) is 5.92 Å². The maximum absolute atomic E-state index is 6.41. The molecule has 0 saturated carbocycles. The molecule has 1 aliphatic carbocycles. The quantitative estimate of drug-likeness (QED) is 0.593. The molecule has 0 amide bonds. The zero-order valence-corrected chi connectivity index (χ0v) is 16.2. The molecule has 0 N–H and O–H groups in total. The van der Waals surface area contributed by atoms with Crippen LogP contribution >= 0.6 is 11.3 Å². The van der Waals surface area contributed by atoms with Gasteiger partial charge in [0.05, 0.1) is 10.8 Å². The van der Waals surface area contributed by atoms with Gasteiger partial charge in [-0.1, -0.05) is 35.6 Å². The predicted octanol–water partition coefficient (Wildman–Crippen LogP) is 0.883. The molecule has 2 atom stereocenters. The van der Waals surface area contributed by atoms with Gasteiger partial charge in [-0.2, -0.15) is 4.57 Å². The summed E-state index contributed by atoms with van der Waals surface area (Å²) in [5.41, 5.74) is 2.62. The predicted molar refractivity (Wildman–Crippen MR) is 90.7 cm³/mol. The number of fused-ring (bicyclic) bond motifs is 1. The Bertz CT molecular complexity index is 736. The first-order chi connectivity index (χ1) is 11.1. The van der Waals surface area contributed by atoms with E-state index in [1.165, 1.54) is 16.1 Å². The van der Waals surface area contributed by atoms with E-state index in [2.05, 4.69) is 68.1 Å². The van der Waals surface area contributed by atoms with Gasteiger partial charge in [-0.3, -0.25) is 0 Å². The lowest BCUT2D eigenvalue weighted by atomic mass is 9.58. The Morgan fingerprint density at radius 2 is 1.71 bits per heavy atom. The minimum atomic E-state index is -0.611. The maximum Gasteiger partial charge on any atom is 0.250 e. The smallest absolute Gasteiger partial charge is 0.250 e. The topological polar surface area (TPSA) is 22.3 Å². The fourth-order valence-corrected chi connectivity index (χ4v) is 5.75. The van der Waals surface area contributed by atoms with Crippen molar-refractivity contribution < 1.29 is 26.4 Å². The maximum atomic E-state index is 6.41. The van der Waals surface area contributed by atoms with Gasteiger partial charge in [0.2, 0.25) is 0 Å². The Labute approximate surface area is 154 Å². The Morgan fingerprint density at radius 3 is 2.33 bits per heavy atom. The van der Waals surface area contributed by atoms with Crippen LogP contribution < -0.4 is 17.0 Å². The summed E-state index contributed by atoms with van der Waals surface area (Å²) in [7, 11) is 0. The Balaban J connectivity index is 0.00000169. The lowest BCUT2D eigenvalue weighted by molar-refractivity contribution is -0.751. The molecule has 3 heterocycles. The van der Waals surface area contributed by atoms with Crippen LogP contribution in [0.5, 0.6) is 0 Å². The number of benzene rings is 1. The van der Waals surface area contributed by atoms with Gasteiger partial charge in [0.15, 0.2) is 18.0 Å². The molecule has 3 nitrogen and oxygen atoms in total. The van der Waals surface area contributed by atoms with Gasteiger partial charge < -0.3 is 21.9 Å². The van der Waals surface area contributed by atoms with E-state index >= 15 is 0 Å². The summed E-state index contributed by atoms with van der Waals surface area (Å²) in [6.07, 6.45) is 2.22. The molecule has 2 unspecified atom stereocenters. The largest absolute Gasteiger partial charge is 1.00 e. The van der Waals surface area contributed by atoms with Gasteiger partial charge in [0.25, 0.3) is 5.01 Å². The molecule has 0 radical (unpaired) electrons. The lowest BCUT2D eigenvalue weighted by Crippen LogP contribution is -3.00. The third-order valence-corrected chi connectivity index (χ3v) is 6.42. The molecule has 2 aromatic rings. The molecule has 24 heavy (non-hydrogen) atoms. The number of rotatable bonds is 4. The minimum absolute atomic E-state index is 0. The number of nitrogens with zero attached hydrogens (tertiary/aromatic N) is 1. The molecule has 0 saturated heterocycles. The lowest BCUT2D eigenvalue weighted by Gasteiger charge is -2.56. The van der Waals surface area contributed by atoms with Gasteiger partial charge in [-0.25, -0.2) is 0 Å². The third-order valence-electron chi connectivity index (χ3n) is 5.47. The van der Waals surface area contributed by atoms with Crippen LogP contribution in [0.2, 0.25) is 0 Å². The van der Waals surface area contributed by atoms with Crippen molar-refractivity contribution in [2.24, 2.45) is 5.41 Å². The van der Waals surface area contributed by atoms with Crippen molar-refractivity contribution in [1.29, 1.82) is 0 Å². The van der Waals surface area contributed by atoms with Crippen LogP contribution in [0.4, 0.5) is 0 Å². The highest BCUT2D eigenvalue weighted by atomic mass is 35.5. The van der Waals surface area contributed by atoms with E-state index in [0.717, 1.165) is 0 Å². The number of hydrogen-bond donors (Lipinski definition) is 0. The summed E-state index contributed by atoms with van der Waals surface area (Å²) in [5.74, 6) is -0.487. The van der Waals surface area contributed by atoms with Crippen LogP contribution in [0.1, 0.15) is 55.8 Å². The Morgan fingerprint density at radius 1 is 1.08 bits per heavy atom. The average molecular weight is 366 g/mol. The first-order valence-electron chi connectivity index (χ1n) is 8.43. The number of hydrogen-bond acceptors (Lipinski definition) is 3. The molecule has 1 aromatic heterocycles. The summed E-state index contributed by atoms with van der Waals surface area (Å²) in [4.78, 5) is 0. The molecule has 2 bridgehead atoms. The number of halogens is 1. The van der Waals surface area contributed by atoms with Crippen LogP contribution in [0.25, 0.3) is 0 Å². The van der Waals surface area contributed by atoms with Gasteiger partial charge >= 0.3 is 0 Å². The van der Waals surface area contributed by atoms with E-state index in [1.54, 1.807) is 0 Å². The van der Waals surface area contributed by atoms with Crippen LogP contribution in [0.3, 0.4) is 0 Å². The van der Waals surface area contributed by atoms with E-state index in [1.807, 2.05) is 11.3 Å². The zero-order chi connectivity index (χ0) is 16.2. The van der Waals surface area contributed by atoms with Crippen molar-refractivity contribution in [3.8, 4) is 0 Å². The summed E-state index contributed by atoms with van der Waals surface area (Å²) in [5, 5.41) is 3.53. The highest BCUT2D eigenvalue weighted by molar-refractivity contribution is 7.09. The molecule has 130 valence electrons. The standard InChI is InChI=1S/C19H24NO2S.ClH/c1-5-21-19(22-6-2)15-13-9-7-8-10-14(13)16(18(19,3)4)20-11-12-23-17(15)20;/h7-12,15-16H,5-6H2,1-4H3;1H/q+1;/p-1. The van der Waals surface area contributed by atoms with E-state index in [-0.39, 0.29) is 29.8 Å². The molecular formula is C19H24ClNO2S.